The summed E-state index contributed by atoms with van der Waals surface area (Å²) in [6, 6.07) is 7.57. The molecule has 0 saturated carbocycles. The Morgan fingerprint density at radius 2 is 2.11 bits per heavy atom. The Kier molecular flexibility index (Phi) is 4.03. The standard InChI is InChI=1S/C19H17ClN6O2/c1-3-27-9-13-15-8-17-19(18-6-11(2)23-28-18)21-10-25(17)14-5-4-12(20)7-16(14)26(15)24-22-13/h4-7,10H,3,8-9H2,1-2H3. The topological polar surface area (TPSA) is 83.8 Å². The number of halogens is 1. The van der Waals surface area contributed by atoms with Gasteiger partial charge >= 0.3 is 0 Å². The van der Waals surface area contributed by atoms with E-state index in [1.807, 2.05) is 47.4 Å². The minimum atomic E-state index is 0.395. The molecule has 9 heteroatoms. The molecule has 4 aromatic rings. The Morgan fingerprint density at radius 1 is 1.21 bits per heavy atom. The van der Waals surface area contributed by atoms with Gasteiger partial charge in [-0.1, -0.05) is 22.0 Å². The monoisotopic (exact) mass is 396 g/mol. The van der Waals surface area contributed by atoms with Crippen molar-refractivity contribution in [1.29, 1.82) is 0 Å². The first-order valence-corrected chi connectivity index (χ1v) is 9.35. The van der Waals surface area contributed by atoms with Gasteiger partial charge in [0.2, 0.25) is 0 Å². The normalized spacial score (nSPS) is 12.4. The maximum Gasteiger partial charge on any atom is 0.187 e. The second kappa shape index (κ2) is 6.57. The van der Waals surface area contributed by atoms with Crippen molar-refractivity contribution in [2.45, 2.75) is 26.9 Å². The largest absolute Gasteiger partial charge is 0.375 e. The molecule has 0 amide bonds. The van der Waals surface area contributed by atoms with Gasteiger partial charge in [0.05, 0.1) is 35.1 Å². The minimum Gasteiger partial charge on any atom is -0.375 e. The molecule has 0 spiro atoms. The lowest BCUT2D eigenvalue weighted by Crippen LogP contribution is -2.04. The molecule has 0 aliphatic carbocycles. The number of aromatic nitrogens is 6. The maximum absolute atomic E-state index is 6.28. The second-order valence-corrected chi connectivity index (χ2v) is 7.02. The molecule has 0 bridgehead atoms. The quantitative estimate of drug-likeness (QED) is 0.462. The Labute approximate surface area is 165 Å². The maximum atomic E-state index is 6.28. The van der Waals surface area contributed by atoms with Crippen molar-refractivity contribution in [2.24, 2.45) is 0 Å². The molecule has 0 saturated heterocycles. The highest BCUT2D eigenvalue weighted by atomic mass is 35.5. The second-order valence-electron chi connectivity index (χ2n) is 6.58. The van der Waals surface area contributed by atoms with Gasteiger partial charge in [-0.15, -0.1) is 5.10 Å². The van der Waals surface area contributed by atoms with Crippen LogP contribution >= 0.6 is 11.6 Å². The molecule has 1 aromatic carbocycles. The van der Waals surface area contributed by atoms with Crippen molar-refractivity contribution < 1.29 is 9.26 Å². The van der Waals surface area contributed by atoms with Crippen LogP contribution in [0.5, 0.6) is 0 Å². The van der Waals surface area contributed by atoms with Crippen LogP contribution in [0.4, 0.5) is 0 Å². The van der Waals surface area contributed by atoms with Gasteiger partial charge in [-0.2, -0.15) is 0 Å². The number of benzene rings is 1. The highest BCUT2D eigenvalue weighted by Crippen LogP contribution is 2.34. The number of nitrogens with zero attached hydrogens (tertiary/aromatic N) is 6. The summed E-state index contributed by atoms with van der Waals surface area (Å²) in [6.45, 7) is 4.84. The van der Waals surface area contributed by atoms with E-state index in [-0.39, 0.29) is 0 Å². The number of rotatable bonds is 4. The SMILES string of the molecule is CCOCc1nnn2c1Cc1c(-c3cc(C)no3)ncn1-c1ccc(Cl)cc1-2. The molecule has 1 aliphatic rings. The number of hydrogen-bond donors (Lipinski definition) is 0. The fourth-order valence-corrected chi connectivity index (χ4v) is 3.64. The first kappa shape index (κ1) is 17.2. The molecule has 28 heavy (non-hydrogen) atoms. The van der Waals surface area contributed by atoms with E-state index in [4.69, 9.17) is 20.9 Å². The van der Waals surface area contributed by atoms with E-state index in [9.17, 15) is 0 Å². The molecule has 0 atom stereocenters. The molecule has 8 nitrogen and oxygen atoms in total. The Hall–Kier alpha value is -2.97. The van der Waals surface area contributed by atoms with Gasteiger partial charge in [0.1, 0.15) is 17.7 Å². The summed E-state index contributed by atoms with van der Waals surface area (Å²) in [4.78, 5) is 4.61. The molecule has 0 fully saturated rings. The summed E-state index contributed by atoms with van der Waals surface area (Å²) in [5.74, 6) is 0.633. The van der Waals surface area contributed by atoms with Gasteiger partial charge in [0, 0.05) is 24.1 Å². The van der Waals surface area contributed by atoms with Gasteiger partial charge in [0.15, 0.2) is 5.76 Å². The minimum absolute atomic E-state index is 0.395. The van der Waals surface area contributed by atoms with Gasteiger partial charge in [-0.3, -0.25) is 4.57 Å². The van der Waals surface area contributed by atoms with Crippen LogP contribution in [0.3, 0.4) is 0 Å². The molecular formula is C19H17ClN6O2. The Morgan fingerprint density at radius 3 is 2.89 bits per heavy atom. The Bertz CT molecular complexity index is 1180. The number of ether oxygens (including phenoxy) is 1. The van der Waals surface area contributed by atoms with Crippen LogP contribution in [0.2, 0.25) is 5.02 Å². The molecule has 142 valence electrons. The summed E-state index contributed by atoms with van der Waals surface area (Å²) in [5, 5.41) is 13.4. The van der Waals surface area contributed by atoms with Crippen molar-refractivity contribution in [3.8, 4) is 22.8 Å². The zero-order valence-electron chi connectivity index (χ0n) is 15.4. The van der Waals surface area contributed by atoms with E-state index < -0.39 is 0 Å². The zero-order valence-corrected chi connectivity index (χ0v) is 16.1. The van der Waals surface area contributed by atoms with Gasteiger partial charge in [0.25, 0.3) is 0 Å². The molecule has 1 aliphatic heterocycles. The van der Waals surface area contributed by atoms with E-state index in [1.165, 1.54) is 0 Å². The molecule has 4 heterocycles. The molecule has 5 rings (SSSR count). The zero-order chi connectivity index (χ0) is 19.3. The molecule has 0 radical (unpaired) electrons. The Balaban J connectivity index is 1.75. The summed E-state index contributed by atoms with van der Waals surface area (Å²) < 4.78 is 14.9. The first-order valence-electron chi connectivity index (χ1n) is 8.97. The fraction of sp³-hybridized carbons (Fsp3) is 0.263. The van der Waals surface area contributed by atoms with Crippen LogP contribution in [0.25, 0.3) is 22.8 Å². The van der Waals surface area contributed by atoms with Crippen LogP contribution in [0, 0.1) is 6.92 Å². The highest BCUT2D eigenvalue weighted by Gasteiger charge is 2.27. The summed E-state index contributed by atoms with van der Waals surface area (Å²) >= 11 is 6.28. The number of imidazole rings is 1. The van der Waals surface area contributed by atoms with E-state index >= 15 is 0 Å². The average Bonchev–Trinajstić information content (AvgIpc) is 3.38. The van der Waals surface area contributed by atoms with E-state index in [0.29, 0.717) is 30.4 Å². The number of aryl methyl sites for hydroxylation is 1. The van der Waals surface area contributed by atoms with Crippen molar-refractivity contribution in [2.75, 3.05) is 6.61 Å². The third-order valence-corrected chi connectivity index (χ3v) is 5.01. The third-order valence-electron chi connectivity index (χ3n) is 4.77. The highest BCUT2D eigenvalue weighted by molar-refractivity contribution is 6.30. The van der Waals surface area contributed by atoms with Crippen LogP contribution in [0.15, 0.2) is 35.1 Å². The third kappa shape index (κ3) is 2.64. The number of fused-ring (bicyclic) bond motifs is 5. The van der Waals surface area contributed by atoms with E-state index in [2.05, 4.69) is 20.5 Å². The molecule has 3 aromatic heterocycles. The average molecular weight is 397 g/mol. The van der Waals surface area contributed by atoms with E-state index in [0.717, 1.165) is 39.8 Å². The predicted octanol–water partition coefficient (Wildman–Crippen LogP) is 3.51. The van der Waals surface area contributed by atoms with Gasteiger partial charge < -0.3 is 9.26 Å². The smallest absolute Gasteiger partial charge is 0.187 e. The lowest BCUT2D eigenvalue weighted by molar-refractivity contribution is 0.130. The van der Waals surface area contributed by atoms with Crippen molar-refractivity contribution in [1.82, 2.24) is 29.7 Å². The van der Waals surface area contributed by atoms with Crippen molar-refractivity contribution in [3.63, 3.8) is 0 Å². The van der Waals surface area contributed by atoms with Crippen LogP contribution in [-0.4, -0.2) is 36.3 Å². The van der Waals surface area contributed by atoms with Crippen LogP contribution < -0.4 is 0 Å². The summed E-state index contributed by atoms with van der Waals surface area (Å²) in [7, 11) is 0. The lowest BCUT2D eigenvalue weighted by Gasteiger charge is -2.10. The summed E-state index contributed by atoms with van der Waals surface area (Å²) in [6.07, 6.45) is 2.36. The fourth-order valence-electron chi connectivity index (χ4n) is 3.47. The number of hydrogen-bond acceptors (Lipinski definition) is 6. The molecule has 0 unspecified atom stereocenters. The van der Waals surface area contributed by atoms with Crippen molar-refractivity contribution in [3.05, 3.63) is 58.4 Å². The van der Waals surface area contributed by atoms with Crippen LogP contribution in [0.1, 0.15) is 29.7 Å². The van der Waals surface area contributed by atoms with Gasteiger partial charge in [-0.25, -0.2) is 9.67 Å². The lowest BCUT2D eigenvalue weighted by atomic mass is 10.1. The summed E-state index contributed by atoms with van der Waals surface area (Å²) in [5.41, 5.74) is 6.02. The van der Waals surface area contributed by atoms with Crippen LogP contribution in [-0.2, 0) is 17.8 Å². The predicted molar refractivity (Wildman–Crippen MR) is 102 cm³/mol. The van der Waals surface area contributed by atoms with E-state index in [1.54, 1.807) is 6.33 Å². The van der Waals surface area contributed by atoms with Crippen molar-refractivity contribution >= 4 is 11.6 Å². The molecule has 0 N–H and O–H groups in total. The first-order chi connectivity index (χ1) is 13.7. The molecular weight excluding hydrogens is 380 g/mol. The van der Waals surface area contributed by atoms with Gasteiger partial charge in [-0.05, 0) is 32.0 Å².